The SMILES string of the molecule is CCOC(=O)c1c(NC(=O)C(C)Sc2cccc(NC(=O)/C(=C\c3cccc(OC)c3OC)NC(=O)c3ccccc3)c2)sc2c1CCN(C(=O)OC(C)(C)C)C2. The van der Waals surface area contributed by atoms with Gasteiger partial charge in [-0.05, 0) is 89.1 Å². The molecule has 0 saturated carbocycles. The van der Waals surface area contributed by atoms with Gasteiger partial charge in [0.1, 0.15) is 16.3 Å². The van der Waals surface area contributed by atoms with Crippen molar-refractivity contribution >= 4 is 69.6 Å². The number of rotatable bonds is 13. The van der Waals surface area contributed by atoms with Crippen LogP contribution in [-0.4, -0.2) is 72.9 Å². The predicted molar refractivity (Wildman–Crippen MR) is 221 cm³/mol. The summed E-state index contributed by atoms with van der Waals surface area (Å²) in [5.41, 5.74) is 1.61. The average molecular weight is 815 g/mol. The Morgan fingerprint density at radius 1 is 0.947 bits per heavy atom. The van der Waals surface area contributed by atoms with E-state index in [4.69, 9.17) is 18.9 Å². The minimum absolute atomic E-state index is 0.0496. The number of methoxy groups -OCH3 is 2. The van der Waals surface area contributed by atoms with Gasteiger partial charge in [0, 0.05) is 33.1 Å². The van der Waals surface area contributed by atoms with Gasteiger partial charge in [-0.3, -0.25) is 14.4 Å². The zero-order valence-electron chi connectivity index (χ0n) is 32.8. The Morgan fingerprint density at radius 3 is 2.37 bits per heavy atom. The van der Waals surface area contributed by atoms with E-state index in [1.165, 1.54) is 43.4 Å². The van der Waals surface area contributed by atoms with Gasteiger partial charge < -0.3 is 39.8 Å². The highest BCUT2D eigenvalue weighted by Crippen LogP contribution is 2.39. The first-order chi connectivity index (χ1) is 27.2. The minimum atomic E-state index is -0.660. The summed E-state index contributed by atoms with van der Waals surface area (Å²) < 4.78 is 21.9. The number of thioether (sulfide) groups is 1. The number of ether oxygens (including phenoxy) is 4. The molecule has 0 spiro atoms. The van der Waals surface area contributed by atoms with Crippen LogP contribution in [0, 0.1) is 0 Å². The van der Waals surface area contributed by atoms with Crippen LogP contribution in [0.5, 0.6) is 11.5 Å². The van der Waals surface area contributed by atoms with E-state index in [2.05, 4.69) is 16.0 Å². The molecule has 4 aromatic rings. The number of esters is 1. The molecule has 300 valence electrons. The molecule has 0 fully saturated rings. The van der Waals surface area contributed by atoms with Crippen molar-refractivity contribution in [3.8, 4) is 11.5 Å². The molecule has 15 heteroatoms. The van der Waals surface area contributed by atoms with E-state index in [9.17, 15) is 24.0 Å². The van der Waals surface area contributed by atoms with Crippen molar-refractivity contribution in [2.45, 2.75) is 63.3 Å². The summed E-state index contributed by atoms with van der Waals surface area (Å²) in [4.78, 5) is 69.7. The minimum Gasteiger partial charge on any atom is -0.493 e. The van der Waals surface area contributed by atoms with Gasteiger partial charge in [-0.1, -0.05) is 36.4 Å². The van der Waals surface area contributed by atoms with Crippen LogP contribution in [0.2, 0.25) is 0 Å². The van der Waals surface area contributed by atoms with Gasteiger partial charge in [-0.2, -0.15) is 0 Å². The molecule has 1 atom stereocenters. The third kappa shape index (κ3) is 11.0. The number of anilines is 2. The van der Waals surface area contributed by atoms with Gasteiger partial charge in [0.15, 0.2) is 11.5 Å². The van der Waals surface area contributed by atoms with Gasteiger partial charge in [0.2, 0.25) is 5.91 Å². The van der Waals surface area contributed by atoms with E-state index < -0.39 is 34.7 Å². The molecule has 0 aliphatic carbocycles. The highest BCUT2D eigenvalue weighted by molar-refractivity contribution is 8.00. The molecule has 57 heavy (non-hydrogen) atoms. The monoisotopic (exact) mass is 814 g/mol. The van der Waals surface area contributed by atoms with Crippen LogP contribution in [0.3, 0.4) is 0 Å². The van der Waals surface area contributed by atoms with Crippen molar-refractivity contribution in [2.75, 3.05) is 38.0 Å². The Morgan fingerprint density at radius 2 is 1.68 bits per heavy atom. The number of fused-ring (bicyclic) bond motifs is 1. The number of benzene rings is 3. The molecular formula is C42H46N4O9S2. The van der Waals surface area contributed by atoms with Gasteiger partial charge >= 0.3 is 12.1 Å². The molecule has 0 saturated heterocycles. The van der Waals surface area contributed by atoms with Gasteiger partial charge in [0.05, 0.1) is 38.2 Å². The van der Waals surface area contributed by atoms with Crippen LogP contribution < -0.4 is 25.4 Å². The first-order valence-corrected chi connectivity index (χ1v) is 19.9. The number of nitrogens with zero attached hydrogens (tertiary/aromatic N) is 1. The fourth-order valence-corrected chi connectivity index (χ4v) is 8.01. The van der Waals surface area contributed by atoms with Crippen LogP contribution >= 0.6 is 23.1 Å². The summed E-state index contributed by atoms with van der Waals surface area (Å²) in [6.45, 7) is 9.59. The van der Waals surface area contributed by atoms with Crippen molar-refractivity contribution in [1.29, 1.82) is 0 Å². The van der Waals surface area contributed by atoms with Crippen LogP contribution in [0.4, 0.5) is 15.5 Å². The van der Waals surface area contributed by atoms with E-state index in [1.54, 1.807) is 112 Å². The molecule has 2 heterocycles. The number of carbonyl (C=O) groups excluding carboxylic acids is 5. The van der Waals surface area contributed by atoms with Crippen LogP contribution in [0.25, 0.3) is 6.08 Å². The highest BCUT2D eigenvalue weighted by Gasteiger charge is 2.33. The van der Waals surface area contributed by atoms with E-state index in [-0.39, 0.29) is 24.8 Å². The van der Waals surface area contributed by atoms with Crippen LogP contribution in [0.15, 0.2) is 83.4 Å². The number of para-hydroxylation sites is 1. The lowest BCUT2D eigenvalue weighted by atomic mass is 10.0. The Balaban J connectivity index is 1.32. The first kappa shape index (κ1) is 42.3. The van der Waals surface area contributed by atoms with Crippen molar-refractivity contribution in [3.63, 3.8) is 0 Å². The smallest absolute Gasteiger partial charge is 0.410 e. The largest absolute Gasteiger partial charge is 0.493 e. The summed E-state index contributed by atoms with van der Waals surface area (Å²) in [7, 11) is 2.99. The Labute approximate surface area is 340 Å². The number of amides is 4. The molecule has 0 radical (unpaired) electrons. The maximum absolute atomic E-state index is 13.8. The van der Waals surface area contributed by atoms with Crippen molar-refractivity contribution in [3.05, 3.63) is 106 Å². The zero-order valence-corrected chi connectivity index (χ0v) is 34.5. The lowest BCUT2D eigenvalue weighted by Gasteiger charge is -2.30. The topological polar surface area (TPSA) is 162 Å². The average Bonchev–Trinajstić information content (AvgIpc) is 3.54. The second kappa shape index (κ2) is 18.9. The number of carbonyl (C=O) groups is 5. The van der Waals surface area contributed by atoms with E-state index in [0.29, 0.717) is 56.7 Å². The van der Waals surface area contributed by atoms with E-state index in [1.807, 2.05) is 0 Å². The summed E-state index contributed by atoms with van der Waals surface area (Å²) in [6, 6.07) is 20.7. The zero-order chi connectivity index (χ0) is 41.3. The van der Waals surface area contributed by atoms with Gasteiger partial charge in [0.25, 0.3) is 11.8 Å². The van der Waals surface area contributed by atoms with Crippen molar-refractivity contribution < 1.29 is 42.9 Å². The summed E-state index contributed by atoms with van der Waals surface area (Å²) in [6.07, 6.45) is 1.46. The fourth-order valence-electron chi connectivity index (χ4n) is 5.83. The second-order valence-electron chi connectivity index (χ2n) is 13.8. The molecule has 1 aliphatic heterocycles. The molecule has 1 aromatic heterocycles. The third-order valence-electron chi connectivity index (χ3n) is 8.46. The Bertz CT molecular complexity index is 2160. The van der Waals surface area contributed by atoms with Gasteiger partial charge in [-0.25, -0.2) is 9.59 Å². The first-order valence-electron chi connectivity index (χ1n) is 18.2. The Hall–Kier alpha value is -5.80. The molecule has 4 amide bonds. The van der Waals surface area contributed by atoms with Crippen LogP contribution in [-0.2, 0) is 32.0 Å². The van der Waals surface area contributed by atoms with Gasteiger partial charge in [-0.15, -0.1) is 23.1 Å². The summed E-state index contributed by atoms with van der Waals surface area (Å²) in [5, 5.41) is 8.23. The predicted octanol–water partition coefficient (Wildman–Crippen LogP) is 7.76. The molecule has 13 nitrogen and oxygen atoms in total. The highest BCUT2D eigenvalue weighted by atomic mass is 32.2. The van der Waals surface area contributed by atoms with Crippen molar-refractivity contribution in [1.82, 2.24) is 10.2 Å². The lowest BCUT2D eigenvalue weighted by molar-refractivity contribution is -0.115. The molecule has 0 bridgehead atoms. The number of nitrogens with one attached hydrogen (secondary N) is 3. The lowest BCUT2D eigenvalue weighted by Crippen LogP contribution is -2.39. The van der Waals surface area contributed by atoms with Crippen molar-refractivity contribution in [2.24, 2.45) is 0 Å². The van der Waals surface area contributed by atoms with Crippen LogP contribution in [0.1, 0.15) is 71.3 Å². The van der Waals surface area contributed by atoms with E-state index >= 15 is 0 Å². The number of thiophene rings is 1. The fraction of sp³-hybridized carbons (Fsp3) is 0.310. The maximum atomic E-state index is 13.8. The quantitative estimate of drug-likeness (QED) is 0.0691. The normalized spacial score (nSPS) is 13.1. The second-order valence-corrected chi connectivity index (χ2v) is 16.3. The molecule has 3 aromatic carbocycles. The standard InChI is InChI=1S/C42H46N4O9S2/c1-8-54-40(50)34-30-20-21-46(41(51)55-42(3,4)5)24-33(30)57-39(34)45-36(47)25(2)56-29-18-13-17-28(23-29)43-38(49)31(44-37(48)26-14-10-9-11-15-26)22-27-16-12-19-32(52-6)35(27)53-7/h9-19,22-23,25H,8,20-21,24H2,1-7H3,(H,43,49)(H,44,48)(H,45,47)/b31-22+. The Kier molecular flexibility index (Phi) is 14.0. The third-order valence-corrected chi connectivity index (χ3v) is 10.7. The molecule has 1 unspecified atom stereocenters. The molecular weight excluding hydrogens is 769 g/mol. The molecule has 3 N–H and O–H groups in total. The maximum Gasteiger partial charge on any atom is 0.410 e. The number of hydrogen-bond acceptors (Lipinski definition) is 11. The molecule has 5 rings (SSSR count). The molecule has 1 aliphatic rings. The summed E-state index contributed by atoms with van der Waals surface area (Å²) >= 11 is 2.49. The van der Waals surface area contributed by atoms with E-state index in [0.717, 1.165) is 10.4 Å². The number of hydrogen-bond donors (Lipinski definition) is 3. The summed E-state index contributed by atoms with van der Waals surface area (Å²) in [5.74, 6) is -1.16.